The van der Waals surface area contributed by atoms with Gasteiger partial charge in [-0.2, -0.15) is 0 Å². The van der Waals surface area contributed by atoms with Gasteiger partial charge in [0.1, 0.15) is 0 Å². The lowest BCUT2D eigenvalue weighted by atomic mass is 10.2. The number of hydrogen-bond acceptors (Lipinski definition) is 4. The molecular formula is C13H12ClNO3. The van der Waals surface area contributed by atoms with Crippen molar-refractivity contribution in [3.05, 3.63) is 52.9 Å². The average Bonchev–Trinajstić information content (AvgIpc) is 2.85. The van der Waals surface area contributed by atoms with Crippen molar-refractivity contribution in [1.82, 2.24) is 0 Å². The second-order valence-corrected chi connectivity index (χ2v) is 4.06. The van der Waals surface area contributed by atoms with E-state index in [1.807, 2.05) is 12.1 Å². The number of furan rings is 1. The molecule has 2 rings (SSSR count). The van der Waals surface area contributed by atoms with Gasteiger partial charge >= 0.3 is 5.97 Å². The Morgan fingerprint density at radius 2 is 2.06 bits per heavy atom. The first kappa shape index (κ1) is 12.5. The zero-order valence-electron chi connectivity index (χ0n) is 9.77. The largest absolute Gasteiger partial charge is 0.463 e. The predicted molar refractivity (Wildman–Crippen MR) is 68.8 cm³/mol. The Kier molecular flexibility index (Phi) is 3.89. The average molecular weight is 266 g/mol. The minimum atomic E-state index is -0.479. The van der Waals surface area contributed by atoms with Crippen LogP contribution in [-0.4, -0.2) is 13.1 Å². The van der Waals surface area contributed by atoms with Crippen molar-refractivity contribution in [2.24, 2.45) is 0 Å². The van der Waals surface area contributed by atoms with E-state index in [-0.39, 0.29) is 5.76 Å². The van der Waals surface area contributed by atoms with Crippen molar-refractivity contribution in [1.29, 1.82) is 0 Å². The van der Waals surface area contributed by atoms with Crippen LogP contribution in [0.15, 0.2) is 41.0 Å². The fraction of sp³-hybridized carbons (Fsp3) is 0.154. The van der Waals surface area contributed by atoms with Crippen LogP contribution in [0.2, 0.25) is 5.02 Å². The highest BCUT2D eigenvalue weighted by Crippen LogP contribution is 2.17. The molecule has 0 atom stereocenters. The van der Waals surface area contributed by atoms with Gasteiger partial charge in [0.05, 0.1) is 13.4 Å². The van der Waals surface area contributed by atoms with Gasteiger partial charge in [0.15, 0.2) is 0 Å². The number of esters is 1. The first-order valence-corrected chi connectivity index (χ1v) is 5.72. The lowest BCUT2D eigenvalue weighted by Crippen LogP contribution is -2.06. The Bertz CT molecular complexity index is 533. The van der Waals surface area contributed by atoms with Crippen molar-refractivity contribution < 1.29 is 13.9 Å². The maximum absolute atomic E-state index is 11.4. The number of halogens is 1. The lowest BCUT2D eigenvalue weighted by molar-refractivity contribution is 0.0563. The monoisotopic (exact) mass is 265 g/mol. The van der Waals surface area contributed by atoms with Crippen molar-refractivity contribution in [3.63, 3.8) is 0 Å². The van der Waals surface area contributed by atoms with Crippen LogP contribution in [0.5, 0.6) is 0 Å². The van der Waals surface area contributed by atoms with E-state index in [9.17, 15) is 4.79 Å². The number of anilines is 1. The van der Waals surface area contributed by atoms with E-state index < -0.39 is 5.97 Å². The van der Waals surface area contributed by atoms with Crippen molar-refractivity contribution in [3.8, 4) is 0 Å². The van der Waals surface area contributed by atoms with Crippen LogP contribution in [0.1, 0.15) is 16.1 Å². The molecule has 1 aromatic carbocycles. The van der Waals surface area contributed by atoms with Crippen LogP contribution in [-0.2, 0) is 11.3 Å². The summed E-state index contributed by atoms with van der Waals surface area (Å²) in [6, 6.07) is 9.04. The van der Waals surface area contributed by atoms with E-state index in [0.717, 1.165) is 11.3 Å². The number of carbonyl (C=O) groups is 1. The number of hydrogen-bond donors (Lipinski definition) is 1. The summed E-state index contributed by atoms with van der Waals surface area (Å²) in [5.41, 5.74) is 1.66. The van der Waals surface area contributed by atoms with E-state index in [1.165, 1.54) is 13.4 Å². The Morgan fingerprint density at radius 1 is 1.33 bits per heavy atom. The molecule has 0 aliphatic carbocycles. The molecule has 1 N–H and O–H groups in total. The molecule has 94 valence electrons. The molecule has 0 bridgehead atoms. The first-order chi connectivity index (χ1) is 8.70. The molecule has 1 aromatic heterocycles. The summed E-state index contributed by atoms with van der Waals surface area (Å²) in [6.07, 6.45) is 1.46. The number of methoxy groups -OCH3 is 1. The Labute approximate surface area is 110 Å². The molecule has 0 amide bonds. The number of nitrogens with one attached hydrogen (secondary N) is 1. The first-order valence-electron chi connectivity index (χ1n) is 5.35. The number of ether oxygens (including phenoxy) is 1. The van der Waals surface area contributed by atoms with E-state index in [4.69, 9.17) is 16.0 Å². The summed E-state index contributed by atoms with van der Waals surface area (Å²) in [4.78, 5) is 11.4. The van der Waals surface area contributed by atoms with E-state index >= 15 is 0 Å². The molecule has 1 heterocycles. The molecule has 2 aromatic rings. The van der Waals surface area contributed by atoms with Crippen molar-refractivity contribution in [2.75, 3.05) is 12.4 Å². The molecular weight excluding hydrogens is 254 g/mol. The fourth-order valence-electron chi connectivity index (χ4n) is 1.51. The molecule has 0 fully saturated rings. The van der Waals surface area contributed by atoms with Gasteiger partial charge in [-0.15, -0.1) is 0 Å². The quantitative estimate of drug-likeness (QED) is 0.862. The minimum absolute atomic E-state index is 0.221. The third kappa shape index (κ3) is 2.84. The Balaban J connectivity index is 2.04. The molecule has 0 spiro atoms. The number of carbonyl (C=O) groups excluding carboxylic acids is 1. The van der Waals surface area contributed by atoms with Crippen LogP contribution < -0.4 is 5.32 Å². The van der Waals surface area contributed by atoms with Gasteiger partial charge < -0.3 is 14.5 Å². The third-order valence-electron chi connectivity index (χ3n) is 2.44. The third-order valence-corrected chi connectivity index (χ3v) is 2.70. The summed E-state index contributed by atoms with van der Waals surface area (Å²) >= 11 is 5.79. The SMILES string of the molecule is COC(=O)c1occc1CNc1ccc(Cl)cc1. The van der Waals surface area contributed by atoms with E-state index in [0.29, 0.717) is 11.6 Å². The van der Waals surface area contributed by atoms with Gasteiger partial charge in [-0.05, 0) is 30.3 Å². The van der Waals surface area contributed by atoms with Crippen LogP contribution in [0.4, 0.5) is 5.69 Å². The summed E-state index contributed by atoms with van der Waals surface area (Å²) in [5, 5.41) is 3.85. The standard InChI is InChI=1S/C13H12ClNO3/c1-17-13(16)12-9(6-7-18-12)8-15-11-4-2-10(14)3-5-11/h2-7,15H,8H2,1H3. The van der Waals surface area contributed by atoms with Crippen molar-refractivity contribution >= 4 is 23.3 Å². The predicted octanol–water partition coefficient (Wildman–Crippen LogP) is 3.33. The smallest absolute Gasteiger partial charge is 0.374 e. The maximum atomic E-state index is 11.4. The zero-order valence-corrected chi connectivity index (χ0v) is 10.5. The molecule has 0 aliphatic heterocycles. The second-order valence-electron chi connectivity index (χ2n) is 3.63. The molecule has 18 heavy (non-hydrogen) atoms. The topological polar surface area (TPSA) is 51.5 Å². The van der Waals surface area contributed by atoms with Gasteiger partial charge in [0.25, 0.3) is 0 Å². The number of benzene rings is 1. The Hall–Kier alpha value is -1.94. The van der Waals surface area contributed by atoms with Crippen LogP contribution in [0.25, 0.3) is 0 Å². The summed E-state index contributed by atoms with van der Waals surface area (Å²) in [5.74, 6) is -0.258. The fourth-order valence-corrected chi connectivity index (χ4v) is 1.64. The van der Waals surface area contributed by atoms with Crippen molar-refractivity contribution in [2.45, 2.75) is 6.54 Å². The Morgan fingerprint density at radius 3 is 2.72 bits per heavy atom. The highest BCUT2D eigenvalue weighted by Gasteiger charge is 2.15. The summed E-state index contributed by atoms with van der Waals surface area (Å²) < 4.78 is 9.71. The summed E-state index contributed by atoms with van der Waals surface area (Å²) in [7, 11) is 1.32. The van der Waals surface area contributed by atoms with Gasteiger partial charge in [-0.1, -0.05) is 11.6 Å². The van der Waals surface area contributed by atoms with Gasteiger partial charge in [-0.3, -0.25) is 0 Å². The van der Waals surface area contributed by atoms with E-state index in [1.54, 1.807) is 18.2 Å². The molecule has 0 radical (unpaired) electrons. The van der Waals surface area contributed by atoms with Crippen LogP contribution in [0, 0.1) is 0 Å². The zero-order chi connectivity index (χ0) is 13.0. The molecule has 0 saturated carbocycles. The highest BCUT2D eigenvalue weighted by molar-refractivity contribution is 6.30. The van der Waals surface area contributed by atoms with Crippen LogP contribution >= 0.6 is 11.6 Å². The van der Waals surface area contributed by atoms with E-state index in [2.05, 4.69) is 10.1 Å². The maximum Gasteiger partial charge on any atom is 0.374 e. The molecule has 0 aliphatic rings. The second kappa shape index (κ2) is 5.60. The molecule has 0 unspecified atom stereocenters. The number of rotatable bonds is 4. The molecule has 5 heteroatoms. The minimum Gasteiger partial charge on any atom is -0.463 e. The normalized spacial score (nSPS) is 10.1. The van der Waals surface area contributed by atoms with Crippen LogP contribution in [0.3, 0.4) is 0 Å². The molecule has 0 saturated heterocycles. The van der Waals surface area contributed by atoms with Gasteiger partial charge in [0.2, 0.25) is 5.76 Å². The lowest BCUT2D eigenvalue weighted by Gasteiger charge is -2.06. The van der Waals surface area contributed by atoms with Gasteiger partial charge in [0, 0.05) is 22.8 Å². The summed E-state index contributed by atoms with van der Waals surface area (Å²) in [6.45, 7) is 0.475. The molecule has 4 nitrogen and oxygen atoms in total. The highest BCUT2D eigenvalue weighted by atomic mass is 35.5. The van der Waals surface area contributed by atoms with Gasteiger partial charge in [-0.25, -0.2) is 4.79 Å².